The number of likely N-dealkylation sites (tertiary alicyclic amines) is 1. The lowest BCUT2D eigenvalue weighted by Crippen LogP contribution is -2.47. The number of hydrogen-bond acceptors (Lipinski definition) is 2. The van der Waals surface area contributed by atoms with Gasteiger partial charge in [0.15, 0.2) is 0 Å². The van der Waals surface area contributed by atoms with E-state index in [1.165, 1.54) is 25.7 Å². The minimum atomic E-state index is 0. The quantitative estimate of drug-likeness (QED) is 0.881. The molecule has 2 amide bonds. The number of nitrogens with two attached hydrogens (primary N) is 1. The third kappa shape index (κ3) is 3.89. The van der Waals surface area contributed by atoms with Gasteiger partial charge in [-0.25, -0.2) is 4.79 Å². The average molecular weight is 310 g/mol. The lowest BCUT2D eigenvalue weighted by atomic mass is 9.78. The van der Waals surface area contributed by atoms with Gasteiger partial charge in [-0.15, -0.1) is 12.4 Å². The zero-order valence-corrected chi connectivity index (χ0v) is 13.1. The van der Waals surface area contributed by atoms with Crippen LogP contribution in [-0.2, 0) is 6.54 Å². The van der Waals surface area contributed by atoms with Crippen molar-refractivity contribution >= 4 is 24.1 Å². The number of halogens is 1. The molecule has 1 aromatic carbocycles. The van der Waals surface area contributed by atoms with Gasteiger partial charge in [-0.05, 0) is 48.8 Å². The molecule has 0 aromatic heterocycles. The van der Waals surface area contributed by atoms with Gasteiger partial charge in [0.1, 0.15) is 0 Å². The monoisotopic (exact) mass is 309 g/mol. The van der Waals surface area contributed by atoms with Crippen molar-refractivity contribution in [1.82, 2.24) is 4.90 Å². The van der Waals surface area contributed by atoms with Crippen molar-refractivity contribution in [3.63, 3.8) is 0 Å². The number of carbonyl (C=O) groups is 1. The standard InChI is InChI=1S/C16H23N3O.ClH/c17-9-12-3-2-6-15(8-12)18-16(20)19-10-13-4-1-5-14(7-13)11-19;/h2-3,6,8,13-14H,1,4-5,7,9-11,17H2,(H,18,20);1H. The van der Waals surface area contributed by atoms with Crippen LogP contribution in [0.4, 0.5) is 10.5 Å². The number of hydrogen-bond donors (Lipinski definition) is 2. The fourth-order valence-corrected chi connectivity index (χ4v) is 3.58. The number of nitrogens with zero attached hydrogens (tertiary/aromatic N) is 1. The first-order valence-corrected chi connectivity index (χ1v) is 7.59. The van der Waals surface area contributed by atoms with Gasteiger partial charge in [0.05, 0.1) is 0 Å². The summed E-state index contributed by atoms with van der Waals surface area (Å²) in [5.41, 5.74) is 7.51. The summed E-state index contributed by atoms with van der Waals surface area (Å²) in [5.74, 6) is 1.42. The highest BCUT2D eigenvalue weighted by molar-refractivity contribution is 5.89. The Hall–Kier alpha value is -1.26. The lowest BCUT2D eigenvalue weighted by Gasteiger charge is -2.41. The highest BCUT2D eigenvalue weighted by atomic mass is 35.5. The third-order valence-electron chi connectivity index (χ3n) is 4.55. The molecule has 2 atom stereocenters. The molecule has 1 aliphatic carbocycles. The maximum absolute atomic E-state index is 12.4. The average Bonchev–Trinajstić information content (AvgIpc) is 2.47. The number of carbonyl (C=O) groups excluding carboxylic acids is 1. The number of benzene rings is 1. The van der Waals surface area contributed by atoms with Crippen LogP contribution in [0.25, 0.3) is 0 Å². The van der Waals surface area contributed by atoms with E-state index in [1.807, 2.05) is 29.2 Å². The van der Waals surface area contributed by atoms with Crippen molar-refractivity contribution in [2.75, 3.05) is 18.4 Å². The van der Waals surface area contributed by atoms with Crippen molar-refractivity contribution in [3.05, 3.63) is 29.8 Å². The minimum Gasteiger partial charge on any atom is -0.326 e. The molecule has 116 valence electrons. The SMILES string of the molecule is Cl.NCc1cccc(NC(=O)N2CC3CCCC(C3)C2)c1. The van der Waals surface area contributed by atoms with Crippen LogP contribution in [0.3, 0.4) is 0 Å². The topological polar surface area (TPSA) is 58.4 Å². The van der Waals surface area contributed by atoms with E-state index < -0.39 is 0 Å². The first-order chi connectivity index (χ1) is 9.74. The van der Waals surface area contributed by atoms with Crippen LogP contribution in [0.15, 0.2) is 24.3 Å². The zero-order valence-electron chi connectivity index (χ0n) is 12.3. The molecule has 1 saturated carbocycles. The van der Waals surface area contributed by atoms with Gasteiger partial charge in [0.25, 0.3) is 0 Å². The molecule has 21 heavy (non-hydrogen) atoms. The Morgan fingerprint density at radius 1 is 1.29 bits per heavy atom. The number of anilines is 1. The van der Waals surface area contributed by atoms with Crippen molar-refractivity contribution in [2.24, 2.45) is 17.6 Å². The Balaban J connectivity index is 0.00000161. The van der Waals surface area contributed by atoms with Crippen LogP contribution >= 0.6 is 12.4 Å². The van der Waals surface area contributed by atoms with Gasteiger partial charge >= 0.3 is 6.03 Å². The number of rotatable bonds is 2. The predicted molar refractivity (Wildman–Crippen MR) is 87.6 cm³/mol. The Morgan fingerprint density at radius 2 is 2.00 bits per heavy atom. The van der Waals surface area contributed by atoms with E-state index in [1.54, 1.807) is 0 Å². The van der Waals surface area contributed by atoms with Crippen molar-refractivity contribution < 1.29 is 4.79 Å². The summed E-state index contributed by atoms with van der Waals surface area (Å²) in [6.45, 7) is 2.33. The van der Waals surface area contributed by atoms with Crippen LogP contribution in [0, 0.1) is 11.8 Å². The van der Waals surface area contributed by atoms with E-state index in [2.05, 4.69) is 5.32 Å². The Kier molecular flexibility index (Phi) is 5.48. The summed E-state index contributed by atoms with van der Waals surface area (Å²) in [5, 5.41) is 3.01. The van der Waals surface area contributed by atoms with Gasteiger partial charge in [-0.2, -0.15) is 0 Å². The molecule has 2 aliphatic rings. The molecule has 1 aliphatic heterocycles. The number of nitrogens with one attached hydrogen (secondary N) is 1. The second kappa shape index (κ2) is 7.14. The van der Waals surface area contributed by atoms with E-state index in [9.17, 15) is 4.79 Å². The fraction of sp³-hybridized carbons (Fsp3) is 0.562. The molecule has 1 heterocycles. The molecule has 2 fully saturated rings. The molecular formula is C16H24ClN3O. The number of urea groups is 1. The summed E-state index contributed by atoms with van der Waals surface area (Å²) in [6.07, 6.45) is 5.21. The van der Waals surface area contributed by atoms with Crippen molar-refractivity contribution in [2.45, 2.75) is 32.2 Å². The van der Waals surface area contributed by atoms with Gasteiger partial charge < -0.3 is 16.0 Å². The number of piperidine rings is 1. The molecule has 5 heteroatoms. The molecule has 3 rings (SSSR count). The molecule has 0 radical (unpaired) electrons. The highest BCUT2D eigenvalue weighted by Gasteiger charge is 2.32. The van der Waals surface area contributed by atoms with Crippen LogP contribution in [0.2, 0.25) is 0 Å². The third-order valence-corrected chi connectivity index (χ3v) is 4.55. The van der Waals surface area contributed by atoms with Crippen molar-refractivity contribution in [3.8, 4) is 0 Å². The molecule has 3 N–H and O–H groups in total. The summed E-state index contributed by atoms with van der Waals surface area (Å²) < 4.78 is 0. The van der Waals surface area contributed by atoms with E-state index in [-0.39, 0.29) is 18.4 Å². The molecular weight excluding hydrogens is 286 g/mol. The number of amides is 2. The van der Waals surface area contributed by atoms with Crippen LogP contribution in [0.1, 0.15) is 31.2 Å². The molecule has 4 nitrogen and oxygen atoms in total. The summed E-state index contributed by atoms with van der Waals surface area (Å²) >= 11 is 0. The molecule has 2 bridgehead atoms. The first kappa shape index (κ1) is 16.1. The van der Waals surface area contributed by atoms with Crippen LogP contribution < -0.4 is 11.1 Å². The maximum Gasteiger partial charge on any atom is 0.321 e. The summed E-state index contributed by atoms with van der Waals surface area (Å²) in [4.78, 5) is 14.4. The fourth-order valence-electron chi connectivity index (χ4n) is 3.58. The molecule has 2 unspecified atom stereocenters. The van der Waals surface area contributed by atoms with Gasteiger partial charge in [0.2, 0.25) is 0 Å². The smallest absolute Gasteiger partial charge is 0.321 e. The second-order valence-electron chi connectivity index (χ2n) is 6.14. The van der Waals surface area contributed by atoms with E-state index in [0.29, 0.717) is 18.4 Å². The molecule has 1 aromatic rings. The normalized spacial score (nSPS) is 24.1. The van der Waals surface area contributed by atoms with Crippen LogP contribution in [-0.4, -0.2) is 24.0 Å². The minimum absolute atomic E-state index is 0. The van der Waals surface area contributed by atoms with E-state index >= 15 is 0 Å². The highest BCUT2D eigenvalue weighted by Crippen LogP contribution is 2.34. The largest absolute Gasteiger partial charge is 0.326 e. The first-order valence-electron chi connectivity index (χ1n) is 7.59. The Bertz CT molecular complexity index is 482. The second-order valence-corrected chi connectivity index (χ2v) is 6.14. The predicted octanol–water partition coefficient (Wildman–Crippen LogP) is 3.22. The Labute approximate surface area is 132 Å². The van der Waals surface area contributed by atoms with Gasteiger partial charge in [0, 0.05) is 25.3 Å². The van der Waals surface area contributed by atoms with E-state index in [4.69, 9.17) is 5.73 Å². The molecule has 1 saturated heterocycles. The lowest BCUT2D eigenvalue weighted by molar-refractivity contribution is 0.110. The van der Waals surface area contributed by atoms with Gasteiger partial charge in [-0.3, -0.25) is 0 Å². The maximum atomic E-state index is 12.4. The van der Waals surface area contributed by atoms with E-state index in [0.717, 1.165) is 24.3 Å². The van der Waals surface area contributed by atoms with Crippen LogP contribution in [0.5, 0.6) is 0 Å². The summed E-state index contributed by atoms with van der Waals surface area (Å²) in [7, 11) is 0. The van der Waals surface area contributed by atoms with Gasteiger partial charge in [-0.1, -0.05) is 18.6 Å². The zero-order chi connectivity index (χ0) is 13.9. The number of fused-ring (bicyclic) bond motifs is 2. The van der Waals surface area contributed by atoms with Crippen molar-refractivity contribution in [1.29, 1.82) is 0 Å². The molecule has 0 spiro atoms. The summed E-state index contributed by atoms with van der Waals surface area (Å²) in [6, 6.07) is 7.81. The Morgan fingerprint density at radius 3 is 2.67 bits per heavy atom.